The third-order valence-corrected chi connectivity index (χ3v) is 6.33. The summed E-state index contributed by atoms with van der Waals surface area (Å²) >= 11 is 0. The van der Waals surface area contributed by atoms with E-state index in [9.17, 15) is 4.79 Å². The van der Waals surface area contributed by atoms with Crippen LogP contribution < -0.4 is 14.8 Å². The van der Waals surface area contributed by atoms with E-state index in [0.29, 0.717) is 23.0 Å². The first-order valence-corrected chi connectivity index (χ1v) is 11.0. The molecule has 1 heterocycles. The molecule has 4 aromatic rings. The number of benzene rings is 3. The summed E-state index contributed by atoms with van der Waals surface area (Å²) in [6, 6.07) is 19.6. The molecule has 8 nitrogen and oxygen atoms in total. The maximum atomic E-state index is 13.3. The smallest absolute Gasteiger partial charge is 0.235 e. The highest BCUT2D eigenvalue weighted by molar-refractivity contribution is 6.02. The molecule has 1 amide bonds. The van der Waals surface area contributed by atoms with E-state index in [2.05, 4.69) is 32.0 Å². The monoisotopic (exact) mass is 455 g/mol. The number of hydrogen-bond donors (Lipinski definition) is 2. The SMILES string of the molecule is COc1ccc(-c2ccc(NC(=O)C3(c4cccc(C)c4)CC3)cc2-c2nnn[nH]2)cc1OC. The number of methoxy groups -OCH3 is 2. The van der Waals surface area contributed by atoms with Gasteiger partial charge in [-0.3, -0.25) is 4.79 Å². The van der Waals surface area contributed by atoms with E-state index in [4.69, 9.17) is 9.47 Å². The molecule has 1 aromatic heterocycles. The lowest BCUT2D eigenvalue weighted by Gasteiger charge is -2.18. The number of anilines is 1. The number of carbonyl (C=O) groups excluding carboxylic acids is 1. The molecule has 5 rings (SSSR count). The number of ether oxygens (including phenoxy) is 2. The number of aromatic nitrogens is 4. The van der Waals surface area contributed by atoms with E-state index in [1.165, 1.54) is 0 Å². The summed E-state index contributed by atoms with van der Waals surface area (Å²) in [5.41, 5.74) is 4.97. The molecule has 8 heteroatoms. The normalized spacial score (nSPS) is 13.9. The van der Waals surface area contributed by atoms with E-state index in [1.54, 1.807) is 14.2 Å². The molecule has 1 aliphatic carbocycles. The summed E-state index contributed by atoms with van der Waals surface area (Å²) in [4.78, 5) is 13.3. The van der Waals surface area contributed by atoms with Crippen molar-refractivity contribution in [2.24, 2.45) is 0 Å². The van der Waals surface area contributed by atoms with Crippen molar-refractivity contribution in [1.29, 1.82) is 0 Å². The van der Waals surface area contributed by atoms with Gasteiger partial charge in [0.05, 0.1) is 19.6 Å². The first-order valence-electron chi connectivity index (χ1n) is 11.0. The second-order valence-electron chi connectivity index (χ2n) is 8.49. The largest absolute Gasteiger partial charge is 0.493 e. The van der Waals surface area contributed by atoms with Gasteiger partial charge in [0.25, 0.3) is 0 Å². The lowest BCUT2D eigenvalue weighted by molar-refractivity contribution is -0.118. The molecule has 2 N–H and O–H groups in total. The number of amides is 1. The van der Waals surface area contributed by atoms with Crippen molar-refractivity contribution in [2.75, 3.05) is 19.5 Å². The molecule has 1 saturated carbocycles. The van der Waals surface area contributed by atoms with Gasteiger partial charge in [0, 0.05) is 11.3 Å². The molecule has 0 bridgehead atoms. The summed E-state index contributed by atoms with van der Waals surface area (Å²) in [5.74, 6) is 1.76. The minimum atomic E-state index is -0.470. The van der Waals surface area contributed by atoms with E-state index >= 15 is 0 Å². The Balaban J connectivity index is 1.50. The molecular formula is C26H25N5O3. The van der Waals surface area contributed by atoms with Gasteiger partial charge in [0.15, 0.2) is 17.3 Å². The lowest BCUT2D eigenvalue weighted by atomic mass is 9.93. The predicted octanol–water partition coefficient (Wildman–Crippen LogP) is 4.53. The van der Waals surface area contributed by atoms with Crippen molar-refractivity contribution in [1.82, 2.24) is 20.6 Å². The van der Waals surface area contributed by atoms with Gasteiger partial charge >= 0.3 is 0 Å². The molecule has 0 unspecified atom stereocenters. The van der Waals surface area contributed by atoms with E-state index < -0.39 is 5.41 Å². The Morgan fingerprint density at radius 2 is 1.79 bits per heavy atom. The summed E-state index contributed by atoms with van der Waals surface area (Å²) in [5, 5.41) is 17.5. The van der Waals surface area contributed by atoms with Crippen molar-refractivity contribution in [3.63, 3.8) is 0 Å². The van der Waals surface area contributed by atoms with Crippen molar-refractivity contribution >= 4 is 11.6 Å². The Hall–Kier alpha value is -4.20. The first-order chi connectivity index (χ1) is 16.5. The Morgan fingerprint density at radius 1 is 0.971 bits per heavy atom. The fourth-order valence-corrected chi connectivity index (χ4v) is 4.31. The number of H-pyrrole nitrogens is 1. The average Bonchev–Trinajstić information content (AvgIpc) is 3.50. The number of hydrogen-bond acceptors (Lipinski definition) is 6. The number of carbonyl (C=O) groups is 1. The van der Waals surface area contributed by atoms with Gasteiger partial charge in [-0.1, -0.05) is 42.0 Å². The number of aromatic amines is 1. The number of aryl methyl sites for hydroxylation is 1. The molecule has 34 heavy (non-hydrogen) atoms. The number of nitrogens with zero attached hydrogens (tertiary/aromatic N) is 3. The van der Waals surface area contributed by atoms with Crippen LogP contribution >= 0.6 is 0 Å². The maximum Gasteiger partial charge on any atom is 0.235 e. The molecular weight excluding hydrogens is 430 g/mol. The second-order valence-corrected chi connectivity index (χ2v) is 8.49. The van der Waals surface area contributed by atoms with Crippen molar-refractivity contribution in [3.05, 3.63) is 71.8 Å². The van der Waals surface area contributed by atoms with Crippen LogP contribution in [0.15, 0.2) is 60.7 Å². The molecule has 0 spiro atoms. The highest BCUT2D eigenvalue weighted by Crippen LogP contribution is 2.49. The van der Waals surface area contributed by atoms with Crippen molar-refractivity contribution < 1.29 is 14.3 Å². The summed E-state index contributed by atoms with van der Waals surface area (Å²) < 4.78 is 10.8. The zero-order valence-corrected chi connectivity index (χ0v) is 19.3. The Labute approximate surface area is 197 Å². The third-order valence-electron chi connectivity index (χ3n) is 6.33. The predicted molar refractivity (Wildman–Crippen MR) is 129 cm³/mol. The van der Waals surface area contributed by atoms with E-state index in [1.807, 2.05) is 61.5 Å². The van der Waals surface area contributed by atoms with Gasteiger partial charge in [-0.05, 0) is 71.1 Å². The summed E-state index contributed by atoms with van der Waals surface area (Å²) in [6.45, 7) is 2.04. The zero-order chi connectivity index (χ0) is 23.7. The second kappa shape index (κ2) is 8.62. The van der Waals surface area contributed by atoms with Gasteiger partial charge in [-0.25, -0.2) is 5.10 Å². The van der Waals surface area contributed by atoms with Crippen LogP contribution in [0, 0.1) is 6.92 Å². The molecule has 0 aliphatic heterocycles. The molecule has 1 fully saturated rings. The highest BCUT2D eigenvalue weighted by Gasteiger charge is 2.51. The van der Waals surface area contributed by atoms with Crippen LogP contribution in [0.2, 0.25) is 0 Å². The minimum absolute atomic E-state index is 0.00129. The molecule has 0 atom stereocenters. The topological polar surface area (TPSA) is 102 Å². The van der Waals surface area contributed by atoms with Crippen molar-refractivity contribution in [3.8, 4) is 34.0 Å². The molecule has 0 radical (unpaired) electrons. The van der Waals surface area contributed by atoms with Crippen LogP contribution in [0.3, 0.4) is 0 Å². The number of tetrazole rings is 1. The standard InChI is InChI=1S/C26H25N5O3/c1-16-5-4-6-18(13-16)26(11-12-26)25(32)27-19-8-9-20(21(15-19)24-28-30-31-29-24)17-7-10-22(33-2)23(14-17)34-3/h4-10,13-15H,11-12H2,1-3H3,(H,27,32)(H,28,29,30,31). The zero-order valence-electron chi connectivity index (χ0n) is 19.3. The minimum Gasteiger partial charge on any atom is -0.493 e. The number of nitrogens with one attached hydrogen (secondary N) is 2. The molecule has 3 aromatic carbocycles. The quantitative estimate of drug-likeness (QED) is 0.425. The summed E-state index contributed by atoms with van der Waals surface area (Å²) in [6.07, 6.45) is 1.68. The maximum absolute atomic E-state index is 13.3. The highest BCUT2D eigenvalue weighted by atomic mass is 16.5. The summed E-state index contributed by atoms with van der Waals surface area (Å²) in [7, 11) is 3.20. The van der Waals surface area contributed by atoms with Gasteiger partial charge < -0.3 is 14.8 Å². The van der Waals surface area contributed by atoms with E-state index in [0.717, 1.165) is 40.7 Å². The van der Waals surface area contributed by atoms with Gasteiger partial charge in [-0.15, -0.1) is 5.10 Å². The lowest BCUT2D eigenvalue weighted by Crippen LogP contribution is -2.27. The van der Waals surface area contributed by atoms with Gasteiger partial charge in [0.1, 0.15) is 0 Å². The van der Waals surface area contributed by atoms with Crippen molar-refractivity contribution in [2.45, 2.75) is 25.2 Å². The first kappa shape index (κ1) is 21.6. The van der Waals surface area contributed by atoms with Crippen LogP contribution in [-0.4, -0.2) is 40.8 Å². The molecule has 172 valence electrons. The van der Waals surface area contributed by atoms with Gasteiger partial charge in [0.2, 0.25) is 5.91 Å². The van der Waals surface area contributed by atoms with Crippen LogP contribution in [0.1, 0.15) is 24.0 Å². The molecule has 0 saturated heterocycles. The Bertz CT molecular complexity index is 1350. The Morgan fingerprint density at radius 3 is 2.47 bits per heavy atom. The third kappa shape index (κ3) is 3.87. The van der Waals surface area contributed by atoms with Crippen LogP contribution in [0.5, 0.6) is 11.5 Å². The van der Waals surface area contributed by atoms with Crippen LogP contribution in [-0.2, 0) is 10.2 Å². The average molecular weight is 456 g/mol. The Kier molecular flexibility index (Phi) is 5.49. The fraction of sp³-hybridized carbons (Fsp3) is 0.231. The number of rotatable bonds is 7. The van der Waals surface area contributed by atoms with Crippen LogP contribution in [0.4, 0.5) is 5.69 Å². The fourth-order valence-electron chi connectivity index (χ4n) is 4.31. The van der Waals surface area contributed by atoms with Crippen LogP contribution in [0.25, 0.3) is 22.5 Å². The molecule has 1 aliphatic rings. The van der Waals surface area contributed by atoms with E-state index in [-0.39, 0.29) is 5.91 Å². The van der Waals surface area contributed by atoms with Gasteiger partial charge in [-0.2, -0.15) is 0 Å².